The summed E-state index contributed by atoms with van der Waals surface area (Å²) in [5.74, 6) is 4.22. The van der Waals surface area contributed by atoms with Crippen LogP contribution in [0.4, 0.5) is 13.2 Å². The fourth-order valence-corrected chi connectivity index (χ4v) is 10.4. The van der Waals surface area contributed by atoms with Crippen LogP contribution in [-0.2, 0) is 17.5 Å². The van der Waals surface area contributed by atoms with Crippen LogP contribution in [0, 0.1) is 52.8 Å². The van der Waals surface area contributed by atoms with Gasteiger partial charge in [-0.15, -0.1) is 0 Å². The minimum Gasteiger partial charge on any atom is -0.390 e. The van der Waals surface area contributed by atoms with Gasteiger partial charge in [0.05, 0.1) is 12.1 Å². The van der Waals surface area contributed by atoms with E-state index in [4.69, 9.17) is 0 Å². The van der Waals surface area contributed by atoms with E-state index in [0.717, 1.165) is 51.0 Å². The molecule has 0 saturated heterocycles. The summed E-state index contributed by atoms with van der Waals surface area (Å²) in [6.45, 7) is 4.29. The van der Waals surface area contributed by atoms with Crippen molar-refractivity contribution < 1.29 is 23.1 Å². The quantitative estimate of drug-likeness (QED) is 0.553. The van der Waals surface area contributed by atoms with Gasteiger partial charge in [0.25, 0.3) is 0 Å². The molecule has 4 nitrogen and oxygen atoms in total. The predicted octanol–water partition coefficient (Wildman–Crippen LogP) is 6.13. The summed E-state index contributed by atoms with van der Waals surface area (Å²) in [6.07, 6.45) is 7.81. The molecule has 0 aliphatic heterocycles. The highest BCUT2D eigenvalue weighted by atomic mass is 19.4. The lowest BCUT2D eigenvalue weighted by Gasteiger charge is -2.57. The second-order valence-electron chi connectivity index (χ2n) is 13.2. The van der Waals surface area contributed by atoms with Crippen LogP contribution in [0.3, 0.4) is 0 Å². The van der Waals surface area contributed by atoms with Crippen molar-refractivity contribution in [2.75, 3.05) is 0 Å². The van der Waals surface area contributed by atoms with E-state index in [0.29, 0.717) is 41.4 Å². The molecule has 0 bridgehead atoms. The molecule has 0 radical (unpaired) electrons. The molecular weight excluding hydrogens is 453 g/mol. The molecule has 0 spiro atoms. The average Bonchev–Trinajstić information content (AvgIpc) is 3.46. The predicted molar refractivity (Wildman–Crippen MR) is 125 cm³/mol. The van der Waals surface area contributed by atoms with Crippen LogP contribution in [0.5, 0.6) is 0 Å². The van der Waals surface area contributed by atoms with Crippen LogP contribution in [0.25, 0.3) is 0 Å². The van der Waals surface area contributed by atoms with Crippen molar-refractivity contribution in [3.05, 3.63) is 18.0 Å². The largest absolute Gasteiger partial charge is 0.435 e. The first kappa shape index (κ1) is 24.0. The number of carbonyl (C=O) groups is 1. The number of alkyl halides is 3. The molecule has 5 aliphatic rings. The highest BCUT2D eigenvalue weighted by Gasteiger charge is 2.66. The molecule has 0 amide bonds. The van der Waals surface area contributed by atoms with E-state index in [1.807, 2.05) is 6.92 Å². The maximum atomic E-state index is 13.8. The normalized spacial score (nSPS) is 47.0. The van der Waals surface area contributed by atoms with Crippen LogP contribution in [-0.4, -0.2) is 26.3 Å². The summed E-state index contributed by atoms with van der Waals surface area (Å²) in [5.41, 5.74) is -1.50. The number of rotatable bonds is 3. The van der Waals surface area contributed by atoms with Gasteiger partial charge in [0.2, 0.25) is 0 Å². The zero-order valence-corrected chi connectivity index (χ0v) is 20.9. The molecule has 1 N–H and O–H groups in total. The van der Waals surface area contributed by atoms with Crippen molar-refractivity contribution in [2.24, 2.45) is 52.8 Å². The van der Waals surface area contributed by atoms with Crippen molar-refractivity contribution in [1.29, 1.82) is 0 Å². The summed E-state index contributed by atoms with van der Waals surface area (Å²) in [4.78, 5) is 13.8. The first-order valence-electron chi connectivity index (χ1n) is 13.8. The maximum Gasteiger partial charge on any atom is 0.435 e. The molecule has 5 aliphatic carbocycles. The van der Waals surface area contributed by atoms with Crippen LogP contribution >= 0.6 is 0 Å². The molecule has 35 heavy (non-hydrogen) atoms. The fourth-order valence-electron chi connectivity index (χ4n) is 10.4. The van der Waals surface area contributed by atoms with Crippen molar-refractivity contribution in [2.45, 2.75) is 96.4 Å². The molecular formula is C28H39F3N2O2. The van der Waals surface area contributed by atoms with Gasteiger partial charge < -0.3 is 5.11 Å². The molecule has 1 aromatic heterocycles. The van der Waals surface area contributed by atoms with Gasteiger partial charge in [-0.25, -0.2) is 0 Å². The Labute approximate surface area is 206 Å². The minimum atomic E-state index is -4.49. The summed E-state index contributed by atoms with van der Waals surface area (Å²) >= 11 is 0. The third kappa shape index (κ3) is 3.81. The molecule has 6 rings (SSSR count). The standard InChI is InChI=1S/C28H39F3N2O2/c1-26(35)11-8-17-16(14-26)6-7-21-18(17)9-12-27(2)24(21)19-4-3-5-20(19)25(27)22(34)15-33-13-10-23(32-33)28(29,30)31/h10,13,16-21,24-25,35H,3-9,11-12,14-15H2,1-2H3/t16?,17-,18+,19+,20-,21?,24?,25+,26+,27-/m0/s1. The number of fused-ring (bicyclic) bond motifs is 7. The smallest absolute Gasteiger partial charge is 0.390 e. The maximum absolute atomic E-state index is 13.8. The van der Waals surface area contributed by atoms with Gasteiger partial charge in [0.15, 0.2) is 11.5 Å². The van der Waals surface area contributed by atoms with Crippen LogP contribution in [0.1, 0.15) is 83.7 Å². The summed E-state index contributed by atoms with van der Waals surface area (Å²) < 4.78 is 40.3. The fraction of sp³-hybridized carbons (Fsp3) is 0.857. The molecule has 1 aromatic rings. The Hall–Kier alpha value is -1.37. The van der Waals surface area contributed by atoms with E-state index in [-0.39, 0.29) is 23.7 Å². The van der Waals surface area contributed by atoms with Crippen molar-refractivity contribution in [1.82, 2.24) is 9.78 Å². The number of hydrogen-bond acceptors (Lipinski definition) is 3. The molecule has 3 unspecified atom stereocenters. The second-order valence-corrected chi connectivity index (χ2v) is 13.2. The number of ketones is 1. The van der Waals surface area contributed by atoms with Gasteiger partial charge in [-0.05, 0) is 118 Å². The van der Waals surface area contributed by atoms with Gasteiger partial charge in [0.1, 0.15) is 0 Å². The number of aromatic nitrogens is 2. The summed E-state index contributed by atoms with van der Waals surface area (Å²) in [7, 11) is 0. The van der Waals surface area contributed by atoms with Crippen molar-refractivity contribution in [3.63, 3.8) is 0 Å². The number of nitrogens with zero attached hydrogens (tertiary/aromatic N) is 2. The zero-order chi connectivity index (χ0) is 24.8. The van der Waals surface area contributed by atoms with E-state index in [1.165, 1.54) is 30.1 Å². The Morgan fingerprint density at radius 2 is 1.74 bits per heavy atom. The van der Waals surface area contributed by atoms with Gasteiger partial charge in [-0.2, -0.15) is 18.3 Å². The lowest BCUT2D eigenvalue weighted by Crippen LogP contribution is -2.52. The molecule has 10 atom stereocenters. The lowest BCUT2D eigenvalue weighted by molar-refractivity contribution is -0.142. The summed E-state index contributed by atoms with van der Waals surface area (Å²) in [5, 5.41) is 14.4. The average molecular weight is 493 g/mol. The van der Waals surface area contributed by atoms with Crippen LogP contribution in [0.2, 0.25) is 0 Å². The van der Waals surface area contributed by atoms with Gasteiger partial charge in [-0.3, -0.25) is 9.48 Å². The molecule has 0 aromatic carbocycles. The molecule has 5 saturated carbocycles. The first-order valence-corrected chi connectivity index (χ1v) is 13.8. The Bertz CT molecular complexity index is 987. The van der Waals surface area contributed by atoms with Gasteiger partial charge in [-0.1, -0.05) is 13.3 Å². The number of halogens is 3. The van der Waals surface area contributed by atoms with E-state index >= 15 is 0 Å². The topological polar surface area (TPSA) is 55.1 Å². The molecule has 7 heteroatoms. The van der Waals surface area contributed by atoms with E-state index < -0.39 is 17.5 Å². The Morgan fingerprint density at radius 1 is 1.03 bits per heavy atom. The zero-order valence-electron chi connectivity index (χ0n) is 20.9. The molecule has 1 heterocycles. The summed E-state index contributed by atoms with van der Waals surface area (Å²) in [6, 6.07) is 0.968. The van der Waals surface area contributed by atoms with Crippen molar-refractivity contribution in [3.8, 4) is 0 Å². The van der Waals surface area contributed by atoms with E-state index in [9.17, 15) is 23.1 Å². The number of aliphatic hydroxyl groups is 1. The van der Waals surface area contributed by atoms with Gasteiger partial charge >= 0.3 is 6.18 Å². The second kappa shape index (κ2) is 8.06. The number of Topliss-reactive ketones (excluding diaryl/α,β-unsaturated/α-hetero) is 1. The van der Waals surface area contributed by atoms with Crippen LogP contribution < -0.4 is 0 Å². The Morgan fingerprint density at radius 3 is 2.49 bits per heavy atom. The monoisotopic (exact) mass is 492 g/mol. The minimum absolute atomic E-state index is 0.0546. The molecule has 5 fully saturated rings. The third-order valence-corrected chi connectivity index (χ3v) is 11.4. The van der Waals surface area contributed by atoms with E-state index in [1.54, 1.807) is 0 Å². The van der Waals surface area contributed by atoms with E-state index in [2.05, 4.69) is 12.0 Å². The van der Waals surface area contributed by atoms with Crippen molar-refractivity contribution >= 4 is 5.78 Å². The highest BCUT2D eigenvalue weighted by molar-refractivity contribution is 5.82. The van der Waals surface area contributed by atoms with Gasteiger partial charge in [0, 0.05) is 12.1 Å². The SMILES string of the molecule is C[C@@]1(O)CC[C@H]2C(CCC3C4[C@@H]5CCC[C@@H]5[C@H](C(=O)Cn5ccc(C(F)(F)F)n5)[C@@]4(C)CC[C@@H]32)C1. The molecule has 194 valence electrons. The first-order chi connectivity index (χ1) is 16.5. The number of carbonyl (C=O) groups excluding carboxylic acids is 1. The number of hydrogen-bond donors (Lipinski definition) is 1. The highest BCUT2D eigenvalue weighted by Crippen LogP contribution is 2.70. The Kier molecular flexibility index (Phi) is 5.53. The Balaban J connectivity index is 1.25. The third-order valence-electron chi connectivity index (χ3n) is 11.4. The lowest BCUT2D eigenvalue weighted by atomic mass is 9.48. The van der Waals surface area contributed by atoms with Crippen LogP contribution in [0.15, 0.2) is 12.3 Å².